The van der Waals surface area contributed by atoms with Crippen molar-refractivity contribution in [3.63, 3.8) is 0 Å². The molecule has 0 amide bonds. The van der Waals surface area contributed by atoms with Gasteiger partial charge in [-0.3, -0.25) is 0 Å². The molecule has 0 saturated heterocycles. The van der Waals surface area contributed by atoms with E-state index in [1.165, 1.54) is 0 Å². The predicted molar refractivity (Wildman–Crippen MR) is 129 cm³/mol. The summed E-state index contributed by atoms with van der Waals surface area (Å²) in [4.78, 5) is 25.8. The van der Waals surface area contributed by atoms with E-state index in [4.69, 9.17) is 21.1 Å². The maximum Gasteiger partial charge on any atom is 0.343 e. The summed E-state index contributed by atoms with van der Waals surface area (Å²) in [6.07, 6.45) is 0. The van der Waals surface area contributed by atoms with Crippen molar-refractivity contribution in [2.24, 2.45) is 0 Å². The molecule has 0 bridgehead atoms. The standard InChI is InChI=1S/C28H17ClO4/c29-23-17-9-16-22-24(23)26(33-28(31)19-12-5-2-6-13-19)21-15-8-7-14-20(21)25(22)32-27(30)18-10-3-1-4-11-18/h1-17H. The third kappa shape index (κ3) is 3.93. The van der Waals surface area contributed by atoms with Crippen molar-refractivity contribution in [2.75, 3.05) is 0 Å². The molecule has 0 unspecified atom stereocenters. The molecule has 5 aromatic carbocycles. The molecule has 0 aromatic heterocycles. The first-order valence-corrected chi connectivity index (χ1v) is 10.7. The maximum atomic E-state index is 12.9. The van der Waals surface area contributed by atoms with Gasteiger partial charge < -0.3 is 9.47 Å². The summed E-state index contributed by atoms with van der Waals surface area (Å²) in [7, 11) is 0. The fourth-order valence-electron chi connectivity index (χ4n) is 3.77. The van der Waals surface area contributed by atoms with E-state index in [1.54, 1.807) is 66.7 Å². The normalized spacial score (nSPS) is 10.8. The molecule has 0 fully saturated rings. The molecule has 33 heavy (non-hydrogen) atoms. The Labute approximate surface area is 194 Å². The van der Waals surface area contributed by atoms with Gasteiger partial charge in [0.25, 0.3) is 0 Å². The summed E-state index contributed by atoms with van der Waals surface area (Å²) in [5.41, 5.74) is 0.845. The molecule has 0 radical (unpaired) electrons. The van der Waals surface area contributed by atoms with Crippen LogP contribution in [0.15, 0.2) is 103 Å². The second-order valence-corrected chi connectivity index (χ2v) is 7.78. The molecule has 0 atom stereocenters. The van der Waals surface area contributed by atoms with Gasteiger partial charge in [-0.15, -0.1) is 0 Å². The zero-order valence-corrected chi connectivity index (χ0v) is 18.1. The highest BCUT2D eigenvalue weighted by atomic mass is 35.5. The molecule has 5 rings (SSSR count). The molecule has 0 N–H and O–H groups in total. The number of halogens is 1. The van der Waals surface area contributed by atoms with Gasteiger partial charge in [0.2, 0.25) is 0 Å². The van der Waals surface area contributed by atoms with Crippen LogP contribution < -0.4 is 9.47 Å². The van der Waals surface area contributed by atoms with Crippen molar-refractivity contribution < 1.29 is 19.1 Å². The van der Waals surface area contributed by atoms with E-state index in [0.717, 1.165) is 0 Å². The topological polar surface area (TPSA) is 52.6 Å². The fourth-order valence-corrected chi connectivity index (χ4v) is 4.03. The lowest BCUT2D eigenvalue weighted by atomic mass is 10.00. The Balaban J connectivity index is 1.71. The molecule has 5 heteroatoms. The van der Waals surface area contributed by atoms with Gasteiger partial charge in [0, 0.05) is 21.5 Å². The van der Waals surface area contributed by atoms with E-state index in [1.807, 2.05) is 36.4 Å². The summed E-state index contributed by atoms with van der Waals surface area (Å²) >= 11 is 6.59. The fraction of sp³-hybridized carbons (Fsp3) is 0. The molecule has 0 spiro atoms. The van der Waals surface area contributed by atoms with E-state index in [-0.39, 0.29) is 0 Å². The first-order chi connectivity index (χ1) is 16.1. The van der Waals surface area contributed by atoms with Gasteiger partial charge in [0.05, 0.1) is 16.1 Å². The Bertz CT molecular complexity index is 1490. The highest BCUT2D eigenvalue weighted by Gasteiger charge is 2.22. The van der Waals surface area contributed by atoms with Crippen LogP contribution in [0, 0.1) is 0 Å². The van der Waals surface area contributed by atoms with Crippen LogP contribution in [0.3, 0.4) is 0 Å². The van der Waals surface area contributed by atoms with E-state index >= 15 is 0 Å². The second kappa shape index (κ2) is 8.77. The average molecular weight is 453 g/mol. The van der Waals surface area contributed by atoms with Crippen molar-refractivity contribution in [1.29, 1.82) is 0 Å². The molecule has 0 aliphatic rings. The first kappa shape index (κ1) is 20.7. The molecule has 160 valence electrons. The Morgan fingerprint density at radius 3 is 1.55 bits per heavy atom. The predicted octanol–water partition coefficient (Wildman–Crippen LogP) is 7.08. The Morgan fingerprint density at radius 2 is 0.970 bits per heavy atom. The smallest absolute Gasteiger partial charge is 0.343 e. The lowest BCUT2D eigenvalue weighted by Gasteiger charge is -2.17. The van der Waals surface area contributed by atoms with Gasteiger partial charge >= 0.3 is 11.9 Å². The van der Waals surface area contributed by atoms with E-state index in [9.17, 15) is 9.59 Å². The first-order valence-electron chi connectivity index (χ1n) is 10.3. The van der Waals surface area contributed by atoms with Crippen molar-refractivity contribution in [3.8, 4) is 11.5 Å². The monoisotopic (exact) mass is 452 g/mol. The minimum Gasteiger partial charge on any atom is -0.422 e. The zero-order valence-electron chi connectivity index (χ0n) is 17.3. The number of hydrogen-bond donors (Lipinski definition) is 0. The molecule has 0 saturated carbocycles. The molecule has 5 aromatic rings. The highest BCUT2D eigenvalue weighted by molar-refractivity contribution is 6.37. The summed E-state index contributed by atoms with van der Waals surface area (Å²) in [6, 6.07) is 30.1. The van der Waals surface area contributed by atoms with Crippen LogP contribution in [0.4, 0.5) is 0 Å². The lowest BCUT2D eigenvalue weighted by molar-refractivity contribution is 0.0726. The minimum absolute atomic E-state index is 0.319. The summed E-state index contributed by atoms with van der Waals surface area (Å²) in [5, 5.41) is 2.69. The van der Waals surface area contributed by atoms with Crippen LogP contribution in [0.5, 0.6) is 11.5 Å². The molecule has 0 heterocycles. The van der Waals surface area contributed by atoms with Crippen molar-refractivity contribution in [3.05, 3.63) is 119 Å². The number of ether oxygens (including phenoxy) is 2. The van der Waals surface area contributed by atoms with Crippen LogP contribution in [0.1, 0.15) is 20.7 Å². The Hall–Kier alpha value is -4.15. The highest BCUT2D eigenvalue weighted by Crippen LogP contribution is 2.45. The number of carbonyl (C=O) groups excluding carboxylic acids is 2. The number of fused-ring (bicyclic) bond motifs is 2. The van der Waals surface area contributed by atoms with Crippen molar-refractivity contribution >= 4 is 45.1 Å². The van der Waals surface area contributed by atoms with Gasteiger partial charge in [-0.1, -0.05) is 84.4 Å². The Kier molecular flexibility index (Phi) is 5.51. The van der Waals surface area contributed by atoms with E-state index in [0.29, 0.717) is 49.2 Å². The SMILES string of the molecule is O=C(Oc1c2ccccc2c(OC(=O)c2ccccc2)c2c(Cl)cccc12)c1ccccc1. The molecular weight excluding hydrogens is 436 g/mol. The van der Waals surface area contributed by atoms with Crippen LogP contribution in [-0.4, -0.2) is 11.9 Å². The minimum atomic E-state index is -0.504. The van der Waals surface area contributed by atoms with Crippen LogP contribution in [0.25, 0.3) is 21.5 Å². The lowest BCUT2D eigenvalue weighted by Crippen LogP contribution is -2.11. The Morgan fingerprint density at radius 1 is 0.515 bits per heavy atom. The third-order valence-corrected chi connectivity index (χ3v) is 5.63. The number of benzene rings is 5. The van der Waals surface area contributed by atoms with Crippen molar-refractivity contribution in [2.45, 2.75) is 0 Å². The van der Waals surface area contributed by atoms with E-state index < -0.39 is 11.9 Å². The second-order valence-electron chi connectivity index (χ2n) is 7.38. The number of hydrogen-bond acceptors (Lipinski definition) is 4. The molecule has 0 aliphatic heterocycles. The number of esters is 2. The zero-order chi connectivity index (χ0) is 22.8. The van der Waals surface area contributed by atoms with Gasteiger partial charge in [-0.2, -0.15) is 0 Å². The van der Waals surface area contributed by atoms with Crippen LogP contribution in [-0.2, 0) is 0 Å². The van der Waals surface area contributed by atoms with Gasteiger partial charge in [-0.25, -0.2) is 9.59 Å². The largest absolute Gasteiger partial charge is 0.422 e. The van der Waals surface area contributed by atoms with E-state index in [2.05, 4.69) is 0 Å². The van der Waals surface area contributed by atoms with Crippen LogP contribution in [0.2, 0.25) is 5.02 Å². The van der Waals surface area contributed by atoms with Gasteiger partial charge in [0.15, 0.2) is 0 Å². The third-order valence-electron chi connectivity index (χ3n) is 5.31. The average Bonchev–Trinajstić information content (AvgIpc) is 2.87. The van der Waals surface area contributed by atoms with Gasteiger partial charge in [-0.05, 0) is 30.3 Å². The molecule has 4 nitrogen and oxygen atoms in total. The van der Waals surface area contributed by atoms with Crippen LogP contribution >= 0.6 is 11.6 Å². The number of rotatable bonds is 4. The number of carbonyl (C=O) groups is 2. The summed E-state index contributed by atoms with van der Waals surface area (Å²) in [6.45, 7) is 0. The maximum absolute atomic E-state index is 12.9. The van der Waals surface area contributed by atoms with Crippen molar-refractivity contribution in [1.82, 2.24) is 0 Å². The van der Waals surface area contributed by atoms with Gasteiger partial charge in [0.1, 0.15) is 11.5 Å². The summed E-state index contributed by atoms with van der Waals surface area (Å²) < 4.78 is 11.8. The quantitative estimate of drug-likeness (QED) is 0.166. The summed E-state index contributed by atoms with van der Waals surface area (Å²) in [5.74, 6) is -0.317. The molecule has 0 aliphatic carbocycles. The molecular formula is C28H17ClO4.